The Bertz CT molecular complexity index is 417. The van der Waals surface area contributed by atoms with Gasteiger partial charge in [-0.05, 0) is 12.0 Å². The molecule has 0 aliphatic rings. The second kappa shape index (κ2) is 9.13. The standard InChI is InChI=1S/C16H23NO3/c1-3-5-11-20-16(19)14(17-15(18)4-2)12-13-9-7-6-8-10-13/h6-10,14H,3-5,11-12H2,1-2H3,(H,17,18). The summed E-state index contributed by atoms with van der Waals surface area (Å²) in [4.78, 5) is 23.6. The molecule has 0 radical (unpaired) electrons. The lowest BCUT2D eigenvalue weighted by molar-refractivity contribution is -0.148. The van der Waals surface area contributed by atoms with E-state index in [4.69, 9.17) is 4.74 Å². The highest BCUT2D eigenvalue weighted by atomic mass is 16.5. The van der Waals surface area contributed by atoms with Gasteiger partial charge >= 0.3 is 5.97 Å². The van der Waals surface area contributed by atoms with Gasteiger partial charge in [0.25, 0.3) is 0 Å². The second-order valence-corrected chi connectivity index (χ2v) is 4.68. The van der Waals surface area contributed by atoms with Crippen LogP contribution in [0.3, 0.4) is 0 Å². The quantitative estimate of drug-likeness (QED) is 0.586. The van der Waals surface area contributed by atoms with Crippen molar-refractivity contribution < 1.29 is 14.3 Å². The number of carbonyl (C=O) groups is 2. The summed E-state index contributed by atoms with van der Waals surface area (Å²) in [6, 6.07) is 9.01. The van der Waals surface area contributed by atoms with Gasteiger partial charge in [-0.3, -0.25) is 4.79 Å². The molecule has 110 valence electrons. The third-order valence-corrected chi connectivity index (χ3v) is 2.97. The van der Waals surface area contributed by atoms with Crippen molar-refractivity contribution in [3.05, 3.63) is 35.9 Å². The van der Waals surface area contributed by atoms with Crippen LogP contribution in [0.15, 0.2) is 30.3 Å². The number of benzene rings is 1. The first-order valence-electron chi connectivity index (χ1n) is 7.17. The first-order valence-corrected chi connectivity index (χ1v) is 7.17. The Hall–Kier alpha value is -1.84. The predicted octanol–water partition coefficient (Wildman–Crippen LogP) is 2.47. The molecule has 1 atom stereocenters. The molecule has 20 heavy (non-hydrogen) atoms. The van der Waals surface area contributed by atoms with Crippen LogP contribution in [-0.2, 0) is 20.7 Å². The average Bonchev–Trinajstić information content (AvgIpc) is 2.47. The van der Waals surface area contributed by atoms with Crippen molar-refractivity contribution in [2.45, 2.75) is 45.6 Å². The number of hydrogen-bond donors (Lipinski definition) is 1. The SMILES string of the molecule is CCCCOC(=O)C(Cc1ccccc1)NC(=O)CC. The van der Waals surface area contributed by atoms with E-state index in [1.807, 2.05) is 37.3 Å². The first-order chi connectivity index (χ1) is 9.67. The zero-order chi connectivity index (χ0) is 14.8. The summed E-state index contributed by atoms with van der Waals surface area (Å²) in [6.07, 6.45) is 2.62. The number of esters is 1. The molecule has 1 amide bonds. The highest BCUT2D eigenvalue weighted by Crippen LogP contribution is 2.05. The maximum absolute atomic E-state index is 12.0. The summed E-state index contributed by atoms with van der Waals surface area (Å²) < 4.78 is 5.21. The van der Waals surface area contributed by atoms with E-state index in [9.17, 15) is 9.59 Å². The Balaban J connectivity index is 2.64. The van der Waals surface area contributed by atoms with E-state index in [1.54, 1.807) is 6.92 Å². The van der Waals surface area contributed by atoms with Crippen molar-refractivity contribution in [1.29, 1.82) is 0 Å². The number of ether oxygens (including phenoxy) is 1. The van der Waals surface area contributed by atoms with Gasteiger partial charge < -0.3 is 10.1 Å². The van der Waals surface area contributed by atoms with Gasteiger partial charge in [0.2, 0.25) is 5.91 Å². The van der Waals surface area contributed by atoms with E-state index < -0.39 is 6.04 Å². The van der Waals surface area contributed by atoms with Gasteiger partial charge in [-0.15, -0.1) is 0 Å². The van der Waals surface area contributed by atoms with Gasteiger partial charge in [0.05, 0.1) is 6.61 Å². The molecule has 0 heterocycles. The Morgan fingerprint density at radius 1 is 1.20 bits per heavy atom. The molecule has 4 heteroatoms. The number of rotatable bonds is 8. The number of carbonyl (C=O) groups excluding carboxylic acids is 2. The van der Waals surface area contributed by atoms with Gasteiger partial charge in [0.1, 0.15) is 6.04 Å². The van der Waals surface area contributed by atoms with E-state index in [-0.39, 0.29) is 11.9 Å². The number of amides is 1. The van der Waals surface area contributed by atoms with E-state index in [0.717, 1.165) is 18.4 Å². The zero-order valence-electron chi connectivity index (χ0n) is 12.2. The third kappa shape index (κ3) is 5.87. The van der Waals surface area contributed by atoms with Crippen LogP contribution in [0.2, 0.25) is 0 Å². The predicted molar refractivity (Wildman–Crippen MR) is 78.2 cm³/mol. The summed E-state index contributed by atoms with van der Waals surface area (Å²) in [7, 11) is 0. The molecule has 0 saturated heterocycles. The Labute approximate surface area is 120 Å². The Kier molecular flexibility index (Phi) is 7.40. The van der Waals surface area contributed by atoms with Crippen LogP contribution in [-0.4, -0.2) is 24.5 Å². The summed E-state index contributed by atoms with van der Waals surface area (Å²) in [5.41, 5.74) is 1.00. The van der Waals surface area contributed by atoms with Crippen molar-refractivity contribution in [3.8, 4) is 0 Å². The molecular formula is C16H23NO3. The summed E-state index contributed by atoms with van der Waals surface area (Å²) >= 11 is 0. The number of nitrogens with one attached hydrogen (secondary N) is 1. The van der Waals surface area contributed by atoms with Crippen molar-refractivity contribution in [2.24, 2.45) is 0 Å². The molecule has 0 saturated carbocycles. The summed E-state index contributed by atoms with van der Waals surface area (Å²) in [6.45, 7) is 4.20. The van der Waals surface area contributed by atoms with Gasteiger partial charge in [-0.2, -0.15) is 0 Å². The van der Waals surface area contributed by atoms with Crippen molar-refractivity contribution in [1.82, 2.24) is 5.32 Å². The largest absolute Gasteiger partial charge is 0.464 e. The smallest absolute Gasteiger partial charge is 0.328 e. The average molecular weight is 277 g/mol. The molecule has 0 aliphatic carbocycles. The van der Waals surface area contributed by atoms with Crippen LogP contribution in [0.1, 0.15) is 38.7 Å². The van der Waals surface area contributed by atoms with E-state index in [0.29, 0.717) is 19.4 Å². The molecule has 4 nitrogen and oxygen atoms in total. The lowest BCUT2D eigenvalue weighted by atomic mass is 10.1. The Morgan fingerprint density at radius 2 is 1.90 bits per heavy atom. The lowest BCUT2D eigenvalue weighted by Gasteiger charge is -2.17. The van der Waals surface area contributed by atoms with Crippen molar-refractivity contribution in [3.63, 3.8) is 0 Å². The van der Waals surface area contributed by atoms with Crippen LogP contribution in [0.4, 0.5) is 0 Å². The van der Waals surface area contributed by atoms with E-state index in [1.165, 1.54) is 0 Å². The molecule has 0 bridgehead atoms. The van der Waals surface area contributed by atoms with Crippen LogP contribution in [0, 0.1) is 0 Å². The molecule has 1 unspecified atom stereocenters. The van der Waals surface area contributed by atoms with Crippen molar-refractivity contribution in [2.75, 3.05) is 6.61 Å². The Morgan fingerprint density at radius 3 is 2.50 bits per heavy atom. The topological polar surface area (TPSA) is 55.4 Å². The summed E-state index contributed by atoms with van der Waals surface area (Å²) in [5.74, 6) is -0.498. The molecule has 0 fully saturated rings. The molecule has 0 aromatic heterocycles. The third-order valence-electron chi connectivity index (χ3n) is 2.97. The maximum Gasteiger partial charge on any atom is 0.328 e. The first kappa shape index (κ1) is 16.2. The van der Waals surface area contributed by atoms with Crippen LogP contribution in [0.25, 0.3) is 0 Å². The van der Waals surface area contributed by atoms with Gasteiger partial charge in [-0.1, -0.05) is 50.6 Å². The highest BCUT2D eigenvalue weighted by molar-refractivity contribution is 5.84. The zero-order valence-corrected chi connectivity index (χ0v) is 12.2. The normalized spacial score (nSPS) is 11.7. The highest BCUT2D eigenvalue weighted by Gasteiger charge is 2.21. The maximum atomic E-state index is 12.0. The van der Waals surface area contributed by atoms with Gasteiger partial charge in [-0.25, -0.2) is 4.79 Å². The fourth-order valence-corrected chi connectivity index (χ4v) is 1.76. The van der Waals surface area contributed by atoms with Gasteiger partial charge in [0, 0.05) is 12.8 Å². The molecule has 0 aliphatic heterocycles. The van der Waals surface area contributed by atoms with Crippen LogP contribution < -0.4 is 5.32 Å². The monoisotopic (exact) mass is 277 g/mol. The lowest BCUT2D eigenvalue weighted by Crippen LogP contribution is -2.43. The van der Waals surface area contributed by atoms with Crippen molar-refractivity contribution >= 4 is 11.9 Å². The summed E-state index contributed by atoms with van der Waals surface area (Å²) in [5, 5.41) is 2.73. The minimum atomic E-state index is -0.610. The van der Waals surface area contributed by atoms with Crippen LogP contribution in [0.5, 0.6) is 0 Å². The number of unbranched alkanes of at least 4 members (excludes halogenated alkanes) is 1. The molecule has 1 aromatic rings. The van der Waals surface area contributed by atoms with E-state index >= 15 is 0 Å². The molecule has 1 rings (SSSR count). The molecule has 0 spiro atoms. The van der Waals surface area contributed by atoms with Crippen LogP contribution >= 0.6 is 0 Å². The fourth-order valence-electron chi connectivity index (χ4n) is 1.76. The fraction of sp³-hybridized carbons (Fsp3) is 0.500. The molecule has 1 aromatic carbocycles. The molecule has 1 N–H and O–H groups in total. The van der Waals surface area contributed by atoms with E-state index in [2.05, 4.69) is 5.32 Å². The molecular weight excluding hydrogens is 254 g/mol. The minimum absolute atomic E-state index is 0.140. The van der Waals surface area contributed by atoms with Gasteiger partial charge in [0.15, 0.2) is 0 Å². The second-order valence-electron chi connectivity index (χ2n) is 4.68. The number of hydrogen-bond acceptors (Lipinski definition) is 3. The minimum Gasteiger partial charge on any atom is -0.464 e.